The van der Waals surface area contributed by atoms with Gasteiger partial charge in [-0.05, 0) is 49.7 Å². The largest absolute Gasteiger partial charge is 1.00 e. The number of aliphatic hydroxyl groups is 1. The number of nitrogens with zero attached hydrogens (tertiary/aromatic N) is 2. The highest BCUT2D eigenvalue weighted by atomic mass is 79.9. The van der Waals surface area contributed by atoms with Gasteiger partial charge in [-0.3, -0.25) is 0 Å². The second-order valence-corrected chi connectivity index (χ2v) is 8.46. The molecule has 29 heavy (non-hydrogen) atoms. The number of methoxy groups -OCH3 is 2. The number of hydrogen-bond donors (Lipinski definition) is 1. The van der Waals surface area contributed by atoms with Crippen molar-refractivity contribution < 1.29 is 36.1 Å². The predicted octanol–water partition coefficient (Wildman–Crippen LogP) is 0.495. The third kappa shape index (κ3) is 3.76. The molecule has 4 rings (SSSR count). The second kappa shape index (κ2) is 8.58. The molecular weight excluding hydrogens is 452 g/mol. The molecule has 2 aromatic rings. The van der Waals surface area contributed by atoms with Crippen molar-refractivity contribution in [3.63, 3.8) is 0 Å². The molecule has 0 amide bonds. The zero-order chi connectivity index (χ0) is 19.9. The van der Waals surface area contributed by atoms with Gasteiger partial charge in [-0.2, -0.15) is 0 Å². The third-order valence-electron chi connectivity index (χ3n) is 5.53. The minimum atomic E-state index is -1.07. The van der Waals surface area contributed by atoms with E-state index in [1.807, 2.05) is 18.2 Å². The summed E-state index contributed by atoms with van der Waals surface area (Å²) >= 11 is 1.79. The summed E-state index contributed by atoms with van der Waals surface area (Å²) in [6.07, 6.45) is 1.05. The maximum atomic E-state index is 11.9. The Hall–Kier alpha value is -1.70. The molecule has 2 aliphatic rings. The van der Waals surface area contributed by atoms with Crippen LogP contribution in [-0.4, -0.2) is 47.9 Å². The van der Waals surface area contributed by atoms with Crippen molar-refractivity contribution in [2.75, 3.05) is 38.0 Å². The Morgan fingerprint density at radius 3 is 2.59 bits per heavy atom. The number of benzene rings is 2. The van der Waals surface area contributed by atoms with Gasteiger partial charge in [0.15, 0.2) is 18.0 Å². The smallest absolute Gasteiger partial charge is 0.316 e. The van der Waals surface area contributed by atoms with Gasteiger partial charge in [-0.1, -0.05) is 23.8 Å². The molecule has 0 fully saturated rings. The average Bonchev–Trinajstić information content (AvgIpc) is 3.01. The van der Waals surface area contributed by atoms with Crippen molar-refractivity contribution >= 4 is 22.6 Å². The minimum Gasteiger partial charge on any atom is -1.00 e. The summed E-state index contributed by atoms with van der Waals surface area (Å²) in [5.41, 5.74) is 3.11. The summed E-state index contributed by atoms with van der Waals surface area (Å²) in [6, 6.07) is 12.1. The Bertz CT molecular complexity index is 950. The summed E-state index contributed by atoms with van der Waals surface area (Å²) in [4.78, 5) is 2.17. The van der Waals surface area contributed by atoms with E-state index in [9.17, 15) is 5.11 Å². The number of anilines is 1. The molecular formula is C22H27BrN2O3S. The number of amidine groups is 1. The number of thioether (sulfide) groups is 1. The molecule has 5 nitrogen and oxygen atoms in total. The fourth-order valence-electron chi connectivity index (χ4n) is 4.19. The van der Waals surface area contributed by atoms with Crippen molar-refractivity contribution in [2.45, 2.75) is 26.0 Å². The fraction of sp³-hybridized carbons (Fsp3) is 0.409. The lowest BCUT2D eigenvalue weighted by Gasteiger charge is -2.26. The van der Waals surface area contributed by atoms with Gasteiger partial charge >= 0.3 is 5.17 Å². The maximum Gasteiger partial charge on any atom is 0.316 e. The van der Waals surface area contributed by atoms with Crippen LogP contribution in [-0.2, 0) is 5.72 Å². The number of aryl methyl sites for hydroxylation is 2. The van der Waals surface area contributed by atoms with E-state index in [4.69, 9.17) is 9.47 Å². The predicted molar refractivity (Wildman–Crippen MR) is 114 cm³/mol. The van der Waals surface area contributed by atoms with Crippen molar-refractivity contribution in [3.05, 3.63) is 53.1 Å². The molecule has 2 aliphatic heterocycles. The lowest BCUT2D eigenvalue weighted by molar-refractivity contribution is -0.656. The zero-order valence-electron chi connectivity index (χ0n) is 17.2. The first kappa shape index (κ1) is 22.0. The molecule has 1 atom stereocenters. The molecule has 0 radical (unpaired) electrons. The van der Waals surface area contributed by atoms with Crippen LogP contribution in [0.1, 0.15) is 23.1 Å². The van der Waals surface area contributed by atoms with E-state index in [1.165, 1.54) is 5.56 Å². The van der Waals surface area contributed by atoms with Crippen molar-refractivity contribution in [1.29, 1.82) is 0 Å². The number of β-amino-alcohol motifs (C(OH)–C–C–N with tert-alkyl or cyclic N) is 1. The maximum absolute atomic E-state index is 11.9. The third-order valence-corrected chi connectivity index (χ3v) is 6.73. The van der Waals surface area contributed by atoms with Crippen molar-refractivity contribution in [3.8, 4) is 11.5 Å². The Balaban J connectivity index is 0.00000240. The van der Waals surface area contributed by atoms with Crippen LogP contribution in [0.4, 0.5) is 5.69 Å². The highest BCUT2D eigenvalue weighted by Gasteiger charge is 2.54. The topological polar surface area (TPSA) is 44.9 Å². The highest BCUT2D eigenvalue weighted by Crippen LogP contribution is 2.42. The molecule has 0 spiro atoms. The van der Waals surface area contributed by atoms with Gasteiger partial charge in [-0.25, -0.2) is 9.48 Å². The van der Waals surface area contributed by atoms with Crippen LogP contribution in [0, 0.1) is 13.8 Å². The van der Waals surface area contributed by atoms with Crippen molar-refractivity contribution in [1.82, 2.24) is 0 Å². The molecule has 2 heterocycles. The molecule has 1 unspecified atom stereocenters. The number of ether oxygens (including phenoxy) is 2. The van der Waals surface area contributed by atoms with E-state index >= 15 is 0 Å². The van der Waals surface area contributed by atoms with Crippen LogP contribution in [0.3, 0.4) is 0 Å². The lowest BCUT2D eigenvalue weighted by Crippen LogP contribution is -3.00. The number of rotatable bonds is 4. The second-order valence-electron chi connectivity index (χ2n) is 7.40. The molecule has 0 bridgehead atoms. The average molecular weight is 479 g/mol. The van der Waals surface area contributed by atoms with E-state index in [2.05, 4.69) is 41.5 Å². The monoisotopic (exact) mass is 478 g/mol. The Kier molecular flexibility index (Phi) is 6.51. The Morgan fingerprint density at radius 1 is 1.10 bits per heavy atom. The standard InChI is InChI=1S/C22H27N2O3S.BrH/c1-15-6-8-18(16(2)12-15)22(25)14-23(21-24(22)10-5-11-28-21)19-13-17(26-3)7-9-20(19)27-4;/h6-9,12-13,25H,5,10-11,14H2,1-4H3;1H/q+1;/p-1. The summed E-state index contributed by atoms with van der Waals surface area (Å²) < 4.78 is 13.2. The van der Waals surface area contributed by atoms with Crippen LogP contribution in [0.2, 0.25) is 0 Å². The minimum absolute atomic E-state index is 0. The first-order valence-electron chi connectivity index (χ1n) is 9.55. The van der Waals surface area contributed by atoms with E-state index in [1.54, 1.807) is 26.0 Å². The lowest BCUT2D eigenvalue weighted by atomic mass is 9.95. The fourth-order valence-corrected chi connectivity index (χ4v) is 5.36. The molecule has 156 valence electrons. The van der Waals surface area contributed by atoms with Gasteiger partial charge in [0.1, 0.15) is 5.75 Å². The van der Waals surface area contributed by atoms with Crippen LogP contribution in [0.15, 0.2) is 36.4 Å². The Labute approximate surface area is 187 Å². The summed E-state index contributed by atoms with van der Waals surface area (Å²) in [5, 5.41) is 13.0. The highest BCUT2D eigenvalue weighted by molar-refractivity contribution is 8.13. The molecule has 0 aliphatic carbocycles. The molecule has 0 saturated carbocycles. The van der Waals surface area contributed by atoms with E-state index in [0.29, 0.717) is 6.54 Å². The van der Waals surface area contributed by atoms with Gasteiger partial charge < -0.3 is 31.6 Å². The molecule has 2 aromatic carbocycles. The van der Waals surface area contributed by atoms with Crippen molar-refractivity contribution in [2.24, 2.45) is 0 Å². The Morgan fingerprint density at radius 2 is 1.90 bits per heavy atom. The normalized spacial score (nSPS) is 20.9. The quantitative estimate of drug-likeness (QED) is 0.648. The number of hydrogen-bond acceptors (Lipinski definition) is 5. The van der Waals surface area contributed by atoms with E-state index in [-0.39, 0.29) is 17.0 Å². The van der Waals surface area contributed by atoms with E-state index in [0.717, 1.165) is 52.2 Å². The van der Waals surface area contributed by atoms with Gasteiger partial charge in [-0.15, -0.1) is 0 Å². The van der Waals surface area contributed by atoms with Gasteiger partial charge in [0, 0.05) is 17.4 Å². The first-order valence-corrected chi connectivity index (χ1v) is 10.5. The van der Waals surface area contributed by atoms with Crippen LogP contribution < -0.4 is 31.4 Å². The van der Waals surface area contributed by atoms with Gasteiger partial charge in [0.05, 0.1) is 20.8 Å². The van der Waals surface area contributed by atoms with Gasteiger partial charge in [0.25, 0.3) is 5.72 Å². The summed E-state index contributed by atoms with van der Waals surface area (Å²) in [7, 11) is 3.34. The molecule has 0 aromatic heterocycles. The molecule has 0 saturated heterocycles. The first-order chi connectivity index (χ1) is 13.5. The summed E-state index contributed by atoms with van der Waals surface area (Å²) in [6.45, 7) is 5.43. The SMILES string of the molecule is COc1ccc(OC)c(N2CC(O)(c3ccc(C)cc3C)[N+]3=C2SCCC3)c1.[Br-]. The van der Waals surface area contributed by atoms with Gasteiger partial charge in [0.2, 0.25) is 0 Å². The van der Waals surface area contributed by atoms with E-state index < -0.39 is 5.72 Å². The van der Waals surface area contributed by atoms with Crippen LogP contribution >= 0.6 is 11.8 Å². The van der Waals surface area contributed by atoms with Crippen LogP contribution in [0.25, 0.3) is 0 Å². The number of halogens is 1. The van der Waals surface area contributed by atoms with Crippen LogP contribution in [0.5, 0.6) is 11.5 Å². The summed E-state index contributed by atoms with van der Waals surface area (Å²) in [5.74, 6) is 2.58. The molecule has 7 heteroatoms. The zero-order valence-corrected chi connectivity index (χ0v) is 19.6. The molecule has 1 N–H and O–H groups in total.